The SMILES string of the molecule is CC1=NCC(SC2(C(=O)O)CN3C(=O)C(C(C)O)[C@H]3S2)CN1. The van der Waals surface area contributed by atoms with E-state index in [1.54, 1.807) is 11.8 Å². The minimum absolute atomic E-state index is 0.0612. The number of amidine groups is 1. The molecule has 0 radical (unpaired) electrons. The summed E-state index contributed by atoms with van der Waals surface area (Å²) in [6.45, 7) is 4.90. The van der Waals surface area contributed by atoms with Crippen LogP contribution in [-0.2, 0) is 9.59 Å². The van der Waals surface area contributed by atoms with Crippen molar-refractivity contribution in [3.05, 3.63) is 0 Å². The number of aliphatic carboxylic acids is 1. The van der Waals surface area contributed by atoms with E-state index < -0.39 is 22.1 Å². The van der Waals surface area contributed by atoms with E-state index in [9.17, 15) is 19.8 Å². The summed E-state index contributed by atoms with van der Waals surface area (Å²) in [7, 11) is 0. The molecule has 2 saturated heterocycles. The highest BCUT2D eigenvalue weighted by Crippen LogP contribution is 2.56. The number of aliphatic hydroxyl groups excluding tert-OH is 1. The number of aliphatic imine (C=N–C) groups is 1. The third kappa shape index (κ3) is 2.48. The van der Waals surface area contributed by atoms with Gasteiger partial charge in [-0.25, -0.2) is 4.79 Å². The molecule has 9 heteroatoms. The average molecular weight is 345 g/mol. The molecular formula is C13H19N3O4S2. The van der Waals surface area contributed by atoms with Crippen molar-refractivity contribution < 1.29 is 19.8 Å². The Morgan fingerprint density at radius 3 is 2.91 bits per heavy atom. The van der Waals surface area contributed by atoms with Gasteiger partial charge in [0.05, 0.1) is 36.3 Å². The molecule has 0 aromatic rings. The summed E-state index contributed by atoms with van der Waals surface area (Å²) in [4.78, 5) is 29.8. The molecule has 4 unspecified atom stereocenters. The number of aliphatic hydroxyl groups is 1. The van der Waals surface area contributed by atoms with Crippen LogP contribution < -0.4 is 5.32 Å². The summed E-state index contributed by atoms with van der Waals surface area (Å²) in [5.41, 5.74) is 0. The van der Waals surface area contributed by atoms with Crippen molar-refractivity contribution in [3.8, 4) is 0 Å². The van der Waals surface area contributed by atoms with Crippen molar-refractivity contribution in [1.29, 1.82) is 0 Å². The standard InChI is InChI=1S/C13H19N3O4S2/c1-6(17)9-10(18)16-5-13(12(19)20,22-11(9)16)21-8-3-14-7(2)15-4-8/h6,8-9,11,17H,3-5H2,1-2H3,(H,14,15)(H,19,20)/t6?,9?,11-,13?/m1/s1. The van der Waals surface area contributed by atoms with Gasteiger partial charge in [0, 0.05) is 11.8 Å². The van der Waals surface area contributed by atoms with Gasteiger partial charge < -0.3 is 20.4 Å². The summed E-state index contributed by atoms with van der Waals surface area (Å²) >= 11 is 2.65. The van der Waals surface area contributed by atoms with Crippen LogP contribution in [0.15, 0.2) is 4.99 Å². The highest BCUT2D eigenvalue weighted by atomic mass is 32.2. The normalized spacial score (nSPS) is 38.7. The van der Waals surface area contributed by atoms with E-state index in [0.717, 1.165) is 5.84 Å². The first-order chi connectivity index (χ1) is 10.3. The molecule has 0 aromatic heterocycles. The Bertz CT molecular complexity index is 541. The third-order valence-corrected chi connectivity index (χ3v) is 7.58. The van der Waals surface area contributed by atoms with Crippen LogP contribution >= 0.6 is 23.5 Å². The molecule has 7 nitrogen and oxygen atoms in total. The molecule has 3 N–H and O–H groups in total. The first kappa shape index (κ1) is 15.9. The number of amides is 1. The van der Waals surface area contributed by atoms with E-state index >= 15 is 0 Å². The molecular weight excluding hydrogens is 326 g/mol. The van der Waals surface area contributed by atoms with Crippen molar-refractivity contribution in [3.63, 3.8) is 0 Å². The zero-order valence-electron chi connectivity index (χ0n) is 12.4. The summed E-state index contributed by atoms with van der Waals surface area (Å²) in [6, 6.07) is 0. The molecule has 0 bridgehead atoms. The number of carbonyl (C=O) groups excluding carboxylic acids is 1. The second-order valence-electron chi connectivity index (χ2n) is 5.85. The van der Waals surface area contributed by atoms with Gasteiger partial charge in [0.25, 0.3) is 0 Å². The van der Waals surface area contributed by atoms with Gasteiger partial charge in [0.2, 0.25) is 5.91 Å². The number of carboxylic acid groups (broad SMARTS) is 1. The quantitative estimate of drug-likeness (QED) is 0.607. The van der Waals surface area contributed by atoms with E-state index in [2.05, 4.69) is 10.3 Å². The van der Waals surface area contributed by atoms with Crippen LogP contribution in [0.4, 0.5) is 0 Å². The molecule has 5 atom stereocenters. The van der Waals surface area contributed by atoms with Gasteiger partial charge in [-0.15, -0.1) is 23.5 Å². The number of nitrogens with zero attached hydrogens (tertiary/aromatic N) is 2. The number of hydrogen-bond donors (Lipinski definition) is 3. The van der Waals surface area contributed by atoms with Crippen LogP contribution in [0.1, 0.15) is 13.8 Å². The minimum atomic E-state index is -1.07. The Morgan fingerprint density at radius 2 is 2.36 bits per heavy atom. The maximum atomic E-state index is 12.0. The van der Waals surface area contributed by atoms with Crippen LogP contribution in [0.5, 0.6) is 0 Å². The lowest BCUT2D eigenvalue weighted by molar-refractivity contribution is -0.155. The monoisotopic (exact) mass is 345 g/mol. The molecule has 0 aromatic carbocycles. The molecule has 22 heavy (non-hydrogen) atoms. The van der Waals surface area contributed by atoms with E-state index in [1.807, 2.05) is 6.92 Å². The molecule has 122 valence electrons. The topological polar surface area (TPSA) is 102 Å². The Hall–Kier alpha value is -0.930. The van der Waals surface area contributed by atoms with E-state index in [-0.39, 0.29) is 23.1 Å². The van der Waals surface area contributed by atoms with Gasteiger partial charge in [-0.05, 0) is 13.8 Å². The number of thioether (sulfide) groups is 2. The first-order valence-electron chi connectivity index (χ1n) is 7.16. The van der Waals surface area contributed by atoms with Crippen molar-refractivity contribution in [2.45, 2.75) is 34.7 Å². The second-order valence-corrected chi connectivity index (χ2v) is 9.12. The van der Waals surface area contributed by atoms with Crippen LogP contribution in [0.2, 0.25) is 0 Å². The van der Waals surface area contributed by atoms with E-state index in [1.165, 1.54) is 23.5 Å². The molecule has 2 fully saturated rings. The number of nitrogens with one attached hydrogen (secondary N) is 1. The smallest absolute Gasteiger partial charge is 0.332 e. The van der Waals surface area contributed by atoms with Crippen LogP contribution in [0.3, 0.4) is 0 Å². The molecule has 1 amide bonds. The maximum absolute atomic E-state index is 12.0. The summed E-state index contributed by atoms with van der Waals surface area (Å²) in [5.74, 6) is -0.683. The van der Waals surface area contributed by atoms with Crippen molar-refractivity contribution in [2.24, 2.45) is 10.9 Å². The Labute approximate surface area is 136 Å². The number of rotatable bonds is 4. The fourth-order valence-corrected chi connectivity index (χ4v) is 6.55. The molecule has 3 aliphatic heterocycles. The lowest BCUT2D eigenvalue weighted by Crippen LogP contribution is -2.60. The van der Waals surface area contributed by atoms with Crippen LogP contribution in [0.25, 0.3) is 0 Å². The van der Waals surface area contributed by atoms with Gasteiger partial charge in [0.1, 0.15) is 0 Å². The van der Waals surface area contributed by atoms with Gasteiger partial charge in [-0.1, -0.05) is 0 Å². The summed E-state index contributed by atoms with van der Waals surface area (Å²) < 4.78 is -1.07. The average Bonchev–Trinajstić information content (AvgIpc) is 2.77. The van der Waals surface area contributed by atoms with Crippen molar-refractivity contribution >= 4 is 41.2 Å². The Morgan fingerprint density at radius 1 is 1.64 bits per heavy atom. The molecule has 3 rings (SSSR count). The van der Waals surface area contributed by atoms with Gasteiger partial charge in [0.15, 0.2) is 4.08 Å². The fourth-order valence-electron chi connectivity index (χ4n) is 2.96. The van der Waals surface area contributed by atoms with Crippen LogP contribution in [-0.4, -0.2) is 73.3 Å². The van der Waals surface area contributed by atoms with Gasteiger partial charge >= 0.3 is 5.97 Å². The Balaban J connectivity index is 1.75. The highest BCUT2D eigenvalue weighted by molar-refractivity contribution is 8.20. The molecule has 3 heterocycles. The maximum Gasteiger partial charge on any atom is 0.332 e. The number of β-lactam (4-membered cyclic amide) rings is 1. The van der Waals surface area contributed by atoms with E-state index in [0.29, 0.717) is 13.1 Å². The fraction of sp³-hybridized carbons (Fsp3) is 0.769. The lowest BCUT2D eigenvalue weighted by Gasteiger charge is -2.42. The van der Waals surface area contributed by atoms with Gasteiger partial charge in [-0.3, -0.25) is 9.79 Å². The first-order valence-corrected chi connectivity index (χ1v) is 8.92. The van der Waals surface area contributed by atoms with Crippen molar-refractivity contribution in [1.82, 2.24) is 10.2 Å². The highest BCUT2D eigenvalue weighted by Gasteiger charge is 2.63. The number of fused-ring (bicyclic) bond motifs is 1. The predicted octanol–water partition coefficient (Wildman–Crippen LogP) is -0.197. The van der Waals surface area contributed by atoms with E-state index in [4.69, 9.17) is 0 Å². The lowest BCUT2D eigenvalue weighted by atomic mass is 9.93. The zero-order valence-corrected chi connectivity index (χ0v) is 14.0. The number of carboxylic acids is 1. The minimum Gasteiger partial charge on any atom is -0.480 e. The zero-order chi connectivity index (χ0) is 16.1. The molecule has 0 spiro atoms. The number of hydrogen-bond acceptors (Lipinski definition) is 7. The predicted molar refractivity (Wildman–Crippen MR) is 86.0 cm³/mol. The molecule has 3 aliphatic rings. The van der Waals surface area contributed by atoms with Crippen LogP contribution in [0, 0.1) is 5.92 Å². The Kier molecular flexibility index (Phi) is 4.07. The summed E-state index contributed by atoms with van der Waals surface area (Å²) in [6.07, 6.45) is -0.751. The molecule has 0 aliphatic carbocycles. The summed E-state index contributed by atoms with van der Waals surface area (Å²) in [5, 5.41) is 22.4. The second kappa shape index (κ2) is 5.61. The molecule has 0 saturated carbocycles. The third-order valence-electron chi connectivity index (χ3n) is 4.19. The van der Waals surface area contributed by atoms with Crippen molar-refractivity contribution in [2.75, 3.05) is 19.6 Å². The largest absolute Gasteiger partial charge is 0.480 e. The number of carbonyl (C=O) groups is 2. The van der Waals surface area contributed by atoms with Gasteiger partial charge in [-0.2, -0.15) is 0 Å².